The minimum absolute atomic E-state index is 0.148. The van der Waals surface area contributed by atoms with Crippen LogP contribution in [0.2, 0.25) is 0 Å². The lowest BCUT2D eigenvalue weighted by Gasteiger charge is -2.18. The van der Waals surface area contributed by atoms with Crippen molar-refractivity contribution in [3.8, 4) is 11.5 Å². The van der Waals surface area contributed by atoms with Gasteiger partial charge in [0.1, 0.15) is 5.82 Å². The largest absolute Gasteiger partial charge is 0.454 e. The summed E-state index contributed by atoms with van der Waals surface area (Å²) >= 11 is 0. The van der Waals surface area contributed by atoms with E-state index in [2.05, 4.69) is 5.32 Å². The lowest BCUT2D eigenvalue weighted by atomic mass is 10.1. The van der Waals surface area contributed by atoms with Gasteiger partial charge in [-0.25, -0.2) is 4.39 Å². The minimum atomic E-state index is -0.411. The second kappa shape index (κ2) is 5.55. The van der Waals surface area contributed by atoms with Crippen molar-refractivity contribution < 1.29 is 18.7 Å². The van der Waals surface area contributed by atoms with Gasteiger partial charge in [0.2, 0.25) is 6.79 Å². The number of ether oxygens (including phenoxy) is 2. The molecule has 0 atom stereocenters. The molecule has 0 aromatic heterocycles. The fraction of sp³-hybridized carbons (Fsp3) is 0.188. The Bertz CT molecular complexity index is 731. The summed E-state index contributed by atoms with van der Waals surface area (Å²) in [6.45, 7) is 0.148. The molecule has 0 unspecified atom stereocenters. The highest BCUT2D eigenvalue weighted by Crippen LogP contribution is 2.33. The molecule has 2 aromatic rings. The Morgan fingerprint density at radius 3 is 2.68 bits per heavy atom. The molecule has 0 bridgehead atoms. The summed E-state index contributed by atoms with van der Waals surface area (Å²) in [5, 5.41) is 2.72. The first-order valence-corrected chi connectivity index (χ1v) is 6.72. The molecule has 2 aromatic carbocycles. The van der Waals surface area contributed by atoms with E-state index in [1.54, 1.807) is 29.2 Å². The molecular weight excluding hydrogens is 287 g/mol. The van der Waals surface area contributed by atoms with Gasteiger partial charge < -0.3 is 19.7 Å². The van der Waals surface area contributed by atoms with Crippen molar-refractivity contribution in [2.24, 2.45) is 0 Å². The number of benzene rings is 2. The molecule has 1 amide bonds. The third-order valence-corrected chi connectivity index (χ3v) is 3.32. The maximum Gasteiger partial charge on any atom is 0.255 e. The maximum atomic E-state index is 13.4. The Kier molecular flexibility index (Phi) is 3.58. The first-order chi connectivity index (χ1) is 10.5. The van der Waals surface area contributed by atoms with E-state index in [0.29, 0.717) is 22.7 Å². The maximum absolute atomic E-state index is 13.4. The lowest BCUT2D eigenvalue weighted by Crippen LogP contribution is -2.17. The highest BCUT2D eigenvalue weighted by Gasteiger charge is 2.17. The standard InChI is InChI=1S/C16H15FN2O3/c1-19(2)13-5-4-11(17)8-12(13)18-16(20)10-3-6-14-15(7-10)22-9-21-14/h3-8H,9H2,1-2H3,(H,18,20). The molecule has 0 fully saturated rings. The van der Waals surface area contributed by atoms with Crippen molar-refractivity contribution in [3.05, 3.63) is 47.8 Å². The summed E-state index contributed by atoms with van der Waals surface area (Å²) in [5.74, 6) is 0.384. The summed E-state index contributed by atoms with van der Waals surface area (Å²) < 4.78 is 23.9. The molecule has 3 rings (SSSR count). The quantitative estimate of drug-likeness (QED) is 0.947. The molecule has 0 aliphatic carbocycles. The molecule has 0 saturated carbocycles. The number of rotatable bonds is 3. The fourth-order valence-electron chi connectivity index (χ4n) is 2.23. The Balaban J connectivity index is 1.87. The lowest BCUT2D eigenvalue weighted by molar-refractivity contribution is 0.102. The second-order valence-corrected chi connectivity index (χ2v) is 5.08. The van der Waals surface area contributed by atoms with E-state index < -0.39 is 5.82 Å². The van der Waals surface area contributed by atoms with Crippen LogP contribution in [-0.4, -0.2) is 26.8 Å². The first kappa shape index (κ1) is 14.2. The van der Waals surface area contributed by atoms with Crippen LogP contribution in [0.15, 0.2) is 36.4 Å². The molecule has 0 radical (unpaired) electrons. The molecular formula is C16H15FN2O3. The highest BCUT2D eigenvalue weighted by atomic mass is 19.1. The van der Waals surface area contributed by atoms with Crippen LogP contribution < -0.4 is 19.7 Å². The van der Waals surface area contributed by atoms with E-state index in [9.17, 15) is 9.18 Å². The van der Waals surface area contributed by atoms with Gasteiger partial charge in [0, 0.05) is 19.7 Å². The third-order valence-electron chi connectivity index (χ3n) is 3.32. The van der Waals surface area contributed by atoms with E-state index in [1.807, 2.05) is 14.1 Å². The van der Waals surface area contributed by atoms with E-state index in [-0.39, 0.29) is 12.7 Å². The molecule has 22 heavy (non-hydrogen) atoms. The summed E-state index contributed by atoms with van der Waals surface area (Å²) in [6, 6.07) is 9.18. The van der Waals surface area contributed by atoms with Gasteiger partial charge in [0.15, 0.2) is 11.5 Å². The van der Waals surface area contributed by atoms with Crippen molar-refractivity contribution in [3.63, 3.8) is 0 Å². The second-order valence-electron chi connectivity index (χ2n) is 5.08. The van der Waals surface area contributed by atoms with Crippen molar-refractivity contribution in [1.29, 1.82) is 0 Å². The van der Waals surface area contributed by atoms with Gasteiger partial charge in [0.05, 0.1) is 11.4 Å². The van der Waals surface area contributed by atoms with Crippen LogP contribution in [0.1, 0.15) is 10.4 Å². The van der Waals surface area contributed by atoms with E-state index >= 15 is 0 Å². The highest BCUT2D eigenvalue weighted by molar-refractivity contribution is 6.06. The molecule has 1 N–H and O–H groups in total. The van der Waals surface area contributed by atoms with E-state index in [0.717, 1.165) is 5.69 Å². The van der Waals surface area contributed by atoms with E-state index in [4.69, 9.17) is 9.47 Å². The normalized spacial score (nSPS) is 12.1. The summed E-state index contributed by atoms with van der Waals surface area (Å²) in [7, 11) is 3.65. The molecule has 6 heteroatoms. The topological polar surface area (TPSA) is 50.8 Å². The molecule has 1 heterocycles. The van der Waals surface area contributed by atoms with Crippen LogP contribution in [-0.2, 0) is 0 Å². The van der Waals surface area contributed by atoms with Crippen LogP contribution in [0.4, 0.5) is 15.8 Å². The SMILES string of the molecule is CN(C)c1ccc(F)cc1NC(=O)c1ccc2c(c1)OCO2. The molecule has 1 aliphatic rings. The van der Waals surface area contributed by atoms with Crippen LogP contribution >= 0.6 is 0 Å². The van der Waals surface area contributed by atoms with Gasteiger partial charge in [-0.15, -0.1) is 0 Å². The van der Waals surface area contributed by atoms with Crippen molar-refractivity contribution >= 4 is 17.3 Å². The summed E-state index contributed by atoms with van der Waals surface area (Å²) in [4.78, 5) is 14.2. The Labute approximate surface area is 127 Å². The molecule has 1 aliphatic heterocycles. The molecule has 5 nitrogen and oxygen atoms in total. The van der Waals surface area contributed by atoms with Gasteiger partial charge >= 0.3 is 0 Å². The van der Waals surface area contributed by atoms with Crippen LogP contribution in [0, 0.1) is 5.82 Å². The van der Waals surface area contributed by atoms with Gasteiger partial charge in [-0.1, -0.05) is 0 Å². The zero-order valence-corrected chi connectivity index (χ0v) is 12.2. The number of nitrogens with one attached hydrogen (secondary N) is 1. The monoisotopic (exact) mass is 302 g/mol. The number of carbonyl (C=O) groups is 1. The van der Waals surface area contributed by atoms with Gasteiger partial charge in [-0.05, 0) is 36.4 Å². The van der Waals surface area contributed by atoms with Crippen LogP contribution in [0.5, 0.6) is 11.5 Å². The number of hydrogen-bond acceptors (Lipinski definition) is 4. The molecule has 0 saturated heterocycles. The Morgan fingerprint density at radius 1 is 1.14 bits per heavy atom. The van der Waals surface area contributed by atoms with Gasteiger partial charge in [-0.3, -0.25) is 4.79 Å². The predicted octanol–water partition coefficient (Wildman–Crippen LogP) is 2.87. The van der Waals surface area contributed by atoms with Gasteiger partial charge in [0.25, 0.3) is 5.91 Å². The molecule has 114 valence electrons. The summed E-state index contributed by atoms with van der Waals surface area (Å²) in [6.07, 6.45) is 0. The van der Waals surface area contributed by atoms with Crippen LogP contribution in [0.25, 0.3) is 0 Å². The zero-order chi connectivity index (χ0) is 15.7. The smallest absolute Gasteiger partial charge is 0.255 e. The zero-order valence-electron chi connectivity index (χ0n) is 12.2. The predicted molar refractivity (Wildman–Crippen MR) is 81.2 cm³/mol. The van der Waals surface area contributed by atoms with Crippen molar-refractivity contribution in [2.45, 2.75) is 0 Å². The average Bonchev–Trinajstić information content (AvgIpc) is 2.94. The van der Waals surface area contributed by atoms with Gasteiger partial charge in [-0.2, -0.15) is 0 Å². The third kappa shape index (κ3) is 2.67. The minimum Gasteiger partial charge on any atom is -0.454 e. The number of nitrogens with zero attached hydrogens (tertiary/aromatic N) is 1. The Morgan fingerprint density at radius 2 is 1.91 bits per heavy atom. The number of hydrogen-bond donors (Lipinski definition) is 1. The number of fused-ring (bicyclic) bond motifs is 1. The van der Waals surface area contributed by atoms with Crippen molar-refractivity contribution in [1.82, 2.24) is 0 Å². The molecule has 0 spiro atoms. The van der Waals surface area contributed by atoms with Crippen molar-refractivity contribution in [2.75, 3.05) is 31.1 Å². The number of anilines is 2. The fourth-order valence-corrected chi connectivity index (χ4v) is 2.23. The van der Waals surface area contributed by atoms with Crippen LogP contribution in [0.3, 0.4) is 0 Å². The number of halogens is 1. The first-order valence-electron chi connectivity index (χ1n) is 6.72. The van der Waals surface area contributed by atoms with E-state index in [1.165, 1.54) is 12.1 Å². The number of carbonyl (C=O) groups excluding carboxylic acids is 1. The summed E-state index contributed by atoms with van der Waals surface area (Å²) in [5.41, 5.74) is 1.54. The average molecular weight is 302 g/mol. The number of amides is 1. The Hall–Kier alpha value is -2.76.